The molecule has 1 aliphatic heterocycles. The molecule has 0 radical (unpaired) electrons. The van der Waals surface area contributed by atoms with Crippen molar-refractivity contribution in [3.63, 3.8) is 0 Å². The highest BCUT2D eigenvalue weighted by Gasteiger charge is 2.51. The van der Waals surface area contributed by atoms with Crippen LogP contribution in [0.25, 0.3) is 0 Å². The second-order valence-electron chi connectivity index (χ2n) is 5.68. The van der Waals surface area contributed by atoms with Crippen molar-refractivity contribution in [2.24, 2.45) is 4.99 Å². The Hall–Kier alpha value is -3.00. The highest BCUT2D eigenvalue weighted by Crippen LogP contribution is 2.54. The number of benzene rings is 2. The Morgan fingerprint density at radius 2 is 1.48 bits per heavy atom. The first kappa shape index (κ1) is 13.6. The van der Waals surface area contributed by atoms with Crippen LogP contribution in [0.4, 0.5) is 0 Å². The summed E-state index contributed by atoms with van der Waals surface area (Å²) in [6.07, 6.45) is 5.20. The molecule has 0 aromatic heterocycles. The van der Waals surface area contributed by atoms with Gasteiger partial charge < -0.3 is 5.41 Å². The van der Waals surface area contributed by atoms with Gasteiger partial charge in [-0.25, -0.2) is 0 Å². The summed E-state index contributed by atoms with van der Waals surface area (Å²) >= 11 is 0. The number of aliphatic imine (C=N–C) groups is 1. The van der Waals surface area contributed by atoms with E-state index < -0.39 is 5.41 Å². The molecule has 1 aliphatic carbocycles. The number of nitrogens with one attached hydrogen (secondary N) is 1. The lowest BCUT2D eigenvalue weighted by Crippen LogP contribution is -2.33. The Bertz CT molecular complexity index is 844. The molecule has 0 unspecified atom stereocenters. The lowest BCUT2D eigenvalue weighted by atomic mass is 9.66. The van der Waals surface area contributed by atoms with Crippen molar-refractivity contribution in [2.45, 2.75) is 5.41 Å². The normalized spacial score (nSPS) is 17.7. The molecular formula is C21H16N2. The number of rotatable bonds is 4. The van der Waals surface area contributed by atoms with Gasteiger partial charge in [-0.3, -0.25) is 4.99 Å². The van der Waals surface area contributed by atoms with Gasteiger partial charge in [0.25, 0.3) is 0 Å². The largest absolute Gasteiger partial charge is 0.308 e. The molecule has 0 atom stereocenters. The summed E-state index contributed by atoms with van der Waals surface area (Å²) in [5, 5.41) is 8.08. The Balaban J connectivity index is 2.12. The maximum absolute atomic E-state index is 8.08. The monoisotopic (exact) mass is 296 g/mol. The van der Waals surface area contributed by atoms with Gasteiger partial charge in [-0.15, -0.1) is 0 Å². The number of fused-ring (bicyclic) bond motifs is 1. The molecule has 0 saturated heterocycles. The van der Waals surface area contributed by atoms with Crippen molar-refractivity contribution in [2.75, 3.05) is 0 Å². The predicted molar refractivity (Wildman–Crippen MR) is 95.2 cm³/mol. The number of hydrogen-bond acceptors (Lipinski definition) is 2. The molecule has 2 nitrogen and oxygen atoms in total. The van der Waals surface area contributed by atoms with Crippen LogP contribution in [0.15, 0.2) is 101 Å². The van der Waals surface area contributed by atoms with Crippen LogP contribution in [-0.4, -0.2) is 11.9 Å². The van der Waals surface area contributed by atoms with Crippen molar-refractivity contribution < 1.29 is 0 Å². The van der Waals surface area contributed by atoms with Crippen LogP contribution in [0.3, 0.4) is 0 Å². The molecule has 0 fully saturated rings. The molecule has 0 saturated carbocycles. The molecule has 23 heavy (non-hydrogen) atoms. The fourth-order valence-corrected chi connectivity index (χ4v) is 3.71. The zero-order valence-electron chi connectivity index (χ0n) is 12.7. The third-order valence-electron chi connectivity index (χ3n) is 4.69. The summed E-state index contributed by atoms with van der Waals surface area (Å²) in [5.41, 5.74) is 5.86. The minimum atomic E-state index is -0.467. The van der Waals surface area contributed by atoms with Crippen molar-refractivity contribution in [1.82, 2.24) is 0 Å². The quantitative estimate of drug-likeness (QED) is 0.809. The average molecular weight is 296 g/mol. The van der Waals surface area contributed by atoms with Gasteiger partial charge in [0.05, 0.1) is 11.1 Å². The Morgan fingerprint density at radius 3 is 1.87 bits per heavy atom. The van der Waals surface area contributed by atoms with E-state index in [0.717, 1.165) is 33.6 Å². The molecule has 110 valence electrons. The van der Waals surface area contributed by atoms with Gasteiger partial charge in [-0.2, -0.15) is 0 Å². The molecule has 2 heteroatoms. The molecule has 2 aliphatic rings. The lowest BCUT2D eigenvalue weighted by Gasteiger charge is -2.35. The first-order valence-corrected chi connectivity index (χ1v) is 7.62. The summed E-state index contributed by atoms with van der Waals surface area (Å²) in [5.74, 6) is 0. The summed E-state index contributed by atoms with van der Waals surface area (Å²) in [7, 11) is 0. The van der Waals surface area contributed by atoms with Crippen molar-refractivity contribution >= 4 is 11.9 Å². The molecule has 0 bridgehead atoms. The average Bonchev–Trinajstić information content (AvgIpc) is 2.79. The van der Waals surface area contributed by atoms with Gasteiger partial charge in [-0.1, -0.05) is 73.3 Å². The highest BCUT2D eigenvalue weighted by atomic mass is 14.8. The van der Waals surface area contributed by atoms with Crippen LogP contribution < -0.4 is 0 Å². The van der Waals surface area contributed by atoms with Gasteiger partial charge in [-0.05, 0) is 16.7 Å². The second-order valence-corrected chi connectivity index (χ2v) is 5.68. The lowest BCUT2D eigenvalue weighted by molar-refractivity contribution is 0.771. The summed E-state index contributed by atoms with van der Waals surface area (Å²) in [6, 6.07) is 20.7. The fourth-order valence-electron chi connectivity index (χ4n) is 3.71. The van der Waals surface area contributed by atoms with E-state index in [1.807, 2.05) is 48.7 Å². The van der Waals surface area contributed by atoms with Gasteiger partial charge in [0.1, 0.15) is 0 Å². The van der Waals surface area contributed by atoms with E-state index in [-0.39, 0.29) is 0 Å². The minimum Gasteiger partial charge on any atom is -0.308 e. The number of hydrogen-bond donors (Lipinski definition) is 1. The molecule has 4 rings (SSSR count). The third kappa shape index (κ3) is 1.63. The van der Waals surface area contributed by atoms with Crippen LogP contribution >= 0.6 is 0 Å². The summed E-state index contributed by atoms with van der Waals surface area (Å²) in [4.78, 5) is 4.45. The van der Waals surface area contributed by atoms with E-state index in [2.05, 4.69) is 35.8 Å². The Kier molecular flexibility index (Phi) is 2.98. The van der Waals surface area contributed by atoms with E-state index in [1.54, 1.807) is 0 Å². The fraction of sp³-hybridized carbons (Fsp3) is 0.0476. The first-order chi connectivity index (χ1) is 11.3. The third-order valence-corrected chi connectivity index (χ3v) is 4.69. The zero-order valence-corrected chi connectivity index (χ0v) is 12.7. The van der Waals surface area contributed by atoms with Gasteiger partial charge in [0.2, 0.25) is 0 Å². The maximum atomic E-state index is 8.08. The van der Waals surface area contributed by atoms with Crippen molar-refractivity contribution in [3.8, 4) is 0 Å². The number of allylic oxidation sites excluding steroid dienone is 4. The van der Waals surface area contributed by atoms with Gasteiger partial charge >= 0.3 is 0 Å². The number of nitrogens with zero attached hydrogens (tertiary/aromatic N) is 1. The van der Waals surface area contributed by atoms with Crippen LogP contribution in [0.5, 0.6) is 0 Å². The zero-order chi connectivity index (χ0) is 15.9. The smallest absolute Gasteiger partial charge is 0.0769 e. The van der Waals surface area contributed by atoms with Crippen LogP contribution in [0.2, 0.25) is 0 Å². The Morgan fingerprint density at radius 1 is 0.913 bits per heavy atom. The Labute approximate surface area is 135 Å². The van der Waals surface area contributed by atoms with E-state index in [9.17, 15) is 0 Å². The molecule has 2 aromatic carbocycles. The molecule has 0 spiro atoms. The maximum Gasteiger partial charge on any atom is 0.0769 e. The highest BCUT2D eigenvalue weighted by molar-refractivity contribution is 6.27. The van der Waals surface area contributed by atoms with E-state index in [0.29, 0.717) is 0 Å². The second kappa shape index (κ2) is 5.03. The van der Waals surface area contributed by atoms with Crippen LogP contribution in [0.1, 0.15) is 11.1 Å². The van der Waals surface area contributed by atoms with E-state index in [1.165, 1.54) is 6.21 Å². The SMILES string of the molecule is C=CC1=C(C=N)C(c2ccccc2)(c2ccccc2)C2=CN=C21. The predicted octanol–water partition coefficient (Wildman–Crippen LogP) is 4.46. The molecule has 2 aromatic rings. The molecule has 1 heterocycles. The van der Waals surface area contributed by atoms with E-state index >= 15 is 0 Å². The van der Waals surface area contributed by atoms with Crippen LogP contribution in [0, 0.1) is 5.41 Å². The molecule has 0 amide bonds. The van der Waals surface area contributed by atoms with E-state index in [4.69, 9.17) is 5.41 Å². The summed E-state index contributed by atoms with van der Waals surface area (Å²) in [6.45, 7) is 3.94. The standard InChI is InChI=1S/C21H16N2/c1-2-17-18(13-22)21(19-14-23-20(17)19,15-9-5-3-6-10-15)16-11-7-4-8-12-16/h2-14,22H,1H2. The van der Waals surface area contributed by atoms with Gasteiger partial charge in [0, 0.05) is 23.6 Å². The van der Waals surface area contributed by atoms with Crippen molar-refractivity contribution in [1.29, 1.82) is 5.41 Å². The topological polar surface area (TPSA) is 36.2 Å². The molecule has 1 N–H and O–H groups in total. The molecular weight excluding hydrogens is 280 g/mol. The van der Waals surface area contributed by atoms with Crippen molar-refractivity contribution in [3.05, 3.63) is 107 Å². The minimum absolute atomic E-state index is 0.467. The van der Waals surface area contributed by atoms with Gasteiger partial charge in [0.15, 0.2) is 0 Å². The first-order valence-electron chi connectivity index (χ1n) is 7.62. The van der Waals surface area contributed by atoms with Crippen LogP contribution in [-0.2, 0) is 5.41 Å². The summed E-state index contributed by atoms with van der Waals surface area (Å²) < 4.78 is 0.